The number of hydrogen-bond acceptors (Lipinski definition) is 3. The van der Waals surface area contributed by atoms with Gasteiger partial charge in [0.1, 0.15) is 22.3 Å². The SMILES string of the molecule is CC(C)(C)c1cc(C(C)(C)C)c2oc3c4c(ccc3c2c1)-c1c(N(c2ccc(-c3ccccc3)cc2)c2cccc3oc5ccccc5c23)cccc1C4(C)C. The standard InChI is InChI=1S/C53H47NO2/c1-51(2,3)34-30-39-36-28-29-38-46-40(53(7,8)48(38)50(36)56-49(39)41(31-34)52(4,5)6)19-14-20-42(46)54(35-26-24-33(25-27-35)32-16-10-9-11-17-32)43-21-15-23-45-47(43)37-18-12-13-22-44(37)55-45/h9-31H,1-8H3. The average molecular weight is 730 g/mol. The van der Waals surface area contributed by atoms with Crippen molar-refractivity contribution in [3.05, 3.63) is 162 Å². The van der Waals surface area contributed by atoms with Crippen LogP contribution < -0.4 is 4.90 Å². The van der Waals surface area contributed by atoms with E-state index in [0.717, 1.165) is 50.2 Å². The van der Waals surface area contributed by atoms with Crippen LogP contribution >= 0.6 is 0 Å². The Morgan fingerprint density at radius 3 is 1.95 bits per heavy atom. The molecule has 0 amide bonds. The van der Waals surface area contributed by atoms with Crippen LogP contribution in [0.2, 0.25) is 0 Å². The van der Waals surface area contributed by atoms with Crippen LogP contribution in [0.25, 0.3) is 66.1 Å². The summed E-state index contributed by atoms with van der Waals surface area (Å²) < 4.78 is 13.7. The minimum Gasteiger partial charge on any atom is -0.456 e. The molecule has 276 valence electrons. The molecular formula is C53H47NO2. The van der Waals surface area contributed by atoms with Crippen LogP contribution in [-0.2, 0) is 16.2 Å². The van der Waals surface area contributed by atoms with E-state index in [1.165, 1.54) is 55.3 Å². The van der Waals surface area contributed by atoms with E-state index in [9.17, 15) is 0 Å². The number of hydrogen-bond donors (Lipinski definition) is 0. The minimum atomic E-state index is -0.319. The molecule has 0 fully saturated rings. The van der Waals surface area contributed by atoms with Crippen molar-refractivity contribution in [3.8, 4) is 22.3 Å². The summed E-state index contributed by atoms with van der Waals surface area (Å²) in [6.07, 6.45) is 0. The van der Waals surface area contributed by atoms with Gasteiger partial charge in [0.05, 0.1) is 16.8 Å². The molecule has 1 aliphatic carbocycles. The first-order chi connectivity index (χ1) is 26.8. The Hall–Kier alpha value is -6.06. The predicted molar refractivity (Wildman–Crippen MR) is 236 cm³/mol. The van der Waals surface area contributed by atoms with Crippen LogP contribution in [0.15, 0.2) is 148 Å². The summed E-state index contributed by atoms with van der Waals surface area (Å²) in [6.45, 7) is 18.5. The van der Waals surface area contributed by atoms with Crippen LogP contribution in [0, 0.1) is 0 Å². The molecule has 56 heavy (non-hydrogen) atoms. The second-order valence-electron chi connectivity index (χ2n) is 18.2. The molecule has 0 unspecified atom stereocenters. The molecule has 10 rings (SSSR count). The smallest absolute Gasteiger partial charge is 0.140 e. The molecule has 0 atom stereocenters. The molecule has 0 saturated carbocycles. The molecule has 0 aliphatic heterocycles. The fourth-order valence-corrected chi connectivity index (χ4v) is 9.21. The first kappa shape index (κ1) is 34.4. The summed E-state index contributed by atoms with van der Waals surface area (Å²) in [5.74, 6) is 0. The van der Waals surface area contributed by atoms with Gasteiger partial charge in [0.15, 0.2) is 0 Å². The zero-order valence-electron chi connectivity index (χ0n) is 33.5. The predicted octanol–water partition coefficient (Wildman–Crippen LogP) is 15.5. The quantitative estimate of drug-likeness (QED) is 0.181. The molecule has 0 N–H and O–H groups in total. The van der Waals surface area contributed by atoms with Crippen molar-refractivity contribution in [3.63, 3.8) is 0 Å². The van der Waals surface area contributed by atoms with E-state index < -0.39 is 0 Å². The highest BCUT2D eigenvalue weighted by atomic mass is 16.3. The van der Waals surface area contributed by atoms with E-state index in [2.05, 4.69) is 194 Å². The second-order valence-corrected chi connectivity index (χ2v) is 18.2. The highest BCUT2D eigenvalue weighted by Crippen LogP contribution is 2.58. The molecule has 7 aromatic carbocycles. The van der Waals surface area contributed by atoms with Crippen LogP contribution in [-0.4, -0.2) is 0 Å². The van der Waals surface area contributed by atoms with Gasteiger partial charge in [-0.2, -0.15) is 0 Å². The molecule has 9 aromatic rings. The highest BCUT2D eigenvalue weighted by Gasteiger charge is 2.41. The van der Waals surface area contributed by atoms with Crippen molar-refractivity contribution in [1.29, 1.82) is 0 Å². The van der Waals surface area contributed by atoms with Gasteiger partial charge in [-0.25, -0.2) is 0 Å². The molecule has 0 saturated heterocycles. The summed E-state index contributed by atoms with van der Waals surface area (Å²) in [5, 5.41) is 4.58. The molecule has 2 aromatic heterocycles. The summed E-state index contributed by atoms with van der Waals surface area (Å²) in [6, 6.07) is 50.6. The number of nitrogens with zero attached hydrogens (tertiary/aromatic N) is 1. The third-order valence-electron chi connectivity index (χ3n) is 12.1. The molecule has 1 aliphatic rings. The molecule has 3 heteroatoms. The van der Waals surface area contributed by atoms with E-state index in [1.54, 1.807) is 0 Å². The number of rotatable bonds is 4. The van der Waals surface area contributed by atoms with Gasteiger partial charge in [0, 0.05) is 44.0 Å². The topological polar surface area (TPSA) is 29.5 Å². The van der Waals surface area contributed by atoms with E-state index in [0.29, 0.717) is 0 Å². The number of anilines is 3. The van der Waals surface area contributed by atoms with Gasteiger partial charge in [-0.1, -0.05) is 146 Å². The number of benzene rings is 7. The van der Waals surface area contributed by atoms with Crippen LogP contribution in [0.5, 0.6) is 0 Å². The molecule has 3 nitrogen and oxygen atoms in total. The summed E-state index contributed by atoms with van der Waals surface area (Å²) in [5.41, 5.74) is 16.6. The lowest BCUT2D eigenvalue weighted by Gasteiger charge is -2.29. The van der Waals surface area contributed by atoms with E-state index in [4.69, 9.17) is 8.83 Å². The zero-order valence-corrected chi connectivity index (χ0v) is 33.5. The Bertz CT molecular complexity index is 3000. The maximum atomic E-state index is 7.18. The Kier molecular flexibility index (Phi) is 7.36. The van der Waals surface area contributed by atoms with Gasteiger partial charge >= 0.3 is 0 Å². The van der Waals surface area contributed by atoms with Crippen molar-refractivity contribution in [2.75, 3.05) is 4.90 Å². The molecule has 0 radical (unpaired) electrons. The largest absolute Gasteiger partial charge is 0.456 e. The average Bonchev–Trinajstić information content (AvgIpc) is 3.82. The lowest BCUT2D eigenvalue weighted by Crippen LogP contribution is -2.16. The van der Waals surface area contributed by atoms with Gasteiger partial charge in [-0.15, -0.1) is 0 Å². The Labute approximate surface area is 329 Å². The van der Waals surface area contributed by atoms with Gasteiger partial charge < -0.3 is 13.7 Å². The third-order valence-corrected chi connectivity index (χ3v) is 12.1. The first-order valence-electron chi connectivity index (χ1n) is 19.9. The summed E-state index contributed by atoms with van der Waals surface area (Å²) in [7, 11) is 0. The molecule has 2 heterocycles. The van der Waals surface area contributed by atoms with Crippen LogP contribution in [0.3, 0.4) is 0 Å². The van der Waals surface area contributed by atoms with Crippen molar-refractivity contribution in [1.82, 2.24) is 0 Å². The van der Waals surface area contributed by atoms with Gasteiger partial charge in [0.2, 0.25) is 0 Å². The third kappa shape index (κ3) is 5.10. The van der Waals surface area contributed by atoms with E-state index in [-0.39, 0.29) is 16.2 Å². The Morgan fingerprint density at radius 1 is 0.518 bits per heavy atom. The Balaban J connectivity index is 1.25. The summed E-state index contributed by atoms with van der Waals surface area (Å²) >= 11 is 0. The van der Waals surface area contributed by atoms with E-state index in [1.807, 2.05) is 6.07 Å². The lowest BCUT2D eigenvalue weighted by molar-refractivity contribution is 0.556. The number of fused-ring (bicyclic) bond motifs is 10. The van der Waals surface area contributed by atoms with Crippen molar-refractivity contribution < 1.29 is 8.83 Å². The van der Waals surface area contributed by atoms with Gasteiger partial charge in [-0.3, -0.25) is 0 Å². The zero-order chi connectivity index (χ0) is 38.7. The van der Waals surface area contributed by atoms with Crippen LogP contribution in [0.4, 0.5) is 17.1 Å². The van der Waals surface area contributed by atoms with Crippen molar-refractivity contribution in [2.24, 2.45) is 0 Å². The Morgan fingerprint density at radius 2 is 1.20 bits per heavy atom. The fourth-order valence-electron chi connectivity index (χ4n) is 9.21. The lowest BCUT2D eigenvalue weighted by atomic mass is 9.79. The molecule has 0 bridgehead atoms. The molecular weight excluding hydrogens is 683 g/mol. The maximum absolute atomic E-state index is 7.18. The van der Waals surface area contributed by atoms with Gasteiger partial charge in [0.25, 0.3) is 0 Å². The normalized spacial score (nSPS) is 13.9. The monoisotopic (exact) mass is 729 g/mol. The minimum absolute atomic E-state index is 0.00481. The van der Waals surface area contributed by atoms with Crippen molar-refractivity contribution in [2.45, 2.75) is 71.6 Å². The van der Waals surface area contributed by atoms with E-state index >= 15 is 0 Å². The maximum Gasteiger partial charge on any atom is 0.140 e. The summed E-state index contributed by atoms with van der Waals surface area (Å²) in [4.78, 5) is 2.44. The number of para-hydroxylation sites is 1. The fraction of sp³-hybridized carbons (Fsp3) is 0.208. The first-order valence-corrected chi connectivity index (χ1v) is 19.9. The number of furan rings is 2. The second kappa shape index (κ2) is 12.0. The molecule has 0 spiro atoms. The highest BCUT2D eigenvalue weighted by molar-refractivity contribution is 6.15. The van der Waals surface area contributed by atoms with Crippen LogP contribution in [0.1, 0.15) is 77.6 Å². The van der Waals surface area contributed by atoms with Gasteiger partial charge in [-0.05, 0) is 87.2 Å². The van der Waals surface area contributed by atoms with Crippen molar-refractivity contribution >= 4 is 60.9 Å².